The van der Waals surface area contributed by atoms with Crippen LogP contribution in [-0.2, 0) is 21.2 Å². The second-order valence-electron chi connectivity index (χ2n) is 7.48. The molecule has 3 aromatic rings. The van der Waals surface area contributed by atoms with E-state index in [9.17, 15) is 13.2 Å². The van der Waals surface area contributed by atoms with E-state index < -0.39 is 22.0 Å². The number of sulfonamides is 1. The summed E-state index contributed by atoms with van der Waals surface area (Å²) < 4.78 is 45.1. The first-order valence-corrected chi connectivity index (χ1v) is 13.2. The van der Waals surface area contributed by atoms with E-state index in [2.05, 4.69) is 0 Å². The van der Waals surface area contributed by atoms with Crippen LogP contribution in [-0.4, -0.2) is 46.6 Å². The quantitative estimate of drug-likeness (QED) is 0.399. The molecular weight excluding hydrogens is 521 g/mol. The average Bonchev–Trinajstić information content (AvgIpc) is 3.32. The molecule has 180 valence electrons. The van der Waals surface area contributed by atoms with Crippen molar-refractivity contribution in [2.45, 2.75) is 17.4 Å². The minimum Gasteiger partial charge on any atom is -0.497 e. The molecule has 2 heterocycles. The number of carbonyl (C=O) groups is 1. The molecule has 0 N–H and O–H groups in total. The van der Waals surface area contributed by atoms with Gasteiger partial charge in [0.05, 0.1) is 27.4 Å². The Balaban J connectivity index is 1.97. The topological polar surface area (TPSA) is 82.1 Å². The van der Waals surface area contributed by atoms with Gasteiger partial charge < -0.3 is 14.2 Å². The number of benzene rings is 2. The highest BCUT2D eigenvalue weighted by Crippen LogP contribution is 2.46. The van der Waals surface area contributed by atoms with Gasteiger partial charge in [0.2, 0.25) is 10.0 Å². The SMILES string of the molecule is COC(=O)c1sccc1S(=O)(=O)N1CCc2cc(OC)cc(OC)c2C1c1cc(Cl)cc(Cl)c1. The summed E-state index contributed by atoms with van der Waals surface area (Å²) in [7, 11) is 0.140. The summed E-state index contributed by atoms with van der Waals surface area (Å²) in [5.41, 5.74) is 2.11. The van der Waals surface area contributed by atoms with Crippen molar-refractivity contribution in [3.63, 3.8) is 0 Å². The smallest absolute Gasteiger partial charge is 0.349 e. The molecule has 1 unspecified atom stereocenters. The maximum absolute atomic E-state index is 14.0. The molecule has 34 heavy (non-hydrogen) atoms. The van der Waals surface area contributed by atoms with E-state index in [0.29, 0.717) is 39.1 Å². The van der Waals surface area contributed by atoms with Gasteiger partial charge in [-0.3, -0.25) is 0 Å². The molecule has 1 aliphatic rings. The Kier molecular flexibility index (Phi) is 7.12. The molecule has 11 heteroatoms. The third kappa shape index (κ3) is 4.38. The first-order valence-electron chi connectivity index (χ1n) is 10.1. The molecule has 0 fully saturated rings. The van der Waals surface area contributed by atoms with Crippen LogP contribution in [0.3, 0.4) is 0 Å². The van der Waals surface area contributed by atoms with Crippen LogP contribution in [0.25, 0.3) is 0 Å². The van der Waals surface area contributed by atoms with Gasteiger partial charge in [0.1, 0.15) is 21.3 Å². The van der Waals surface area contributed by atoms with Crippen LogP contribution in [0.5, 0.6) is 11.5 Å². The molecule has 7 nitrogen and oxygen atoms in total. The molecule has 0 saturated heterocycles. The molecule has 4 rings (SSSR count). The van der Waals surface area contributed by atoms with Crippen molar-refractivity contribution in [3.05, 3.63) is 73.4 Å². The van der Waals surface area contributed by atoms with Crippen molar-refractivity contribution in [3.8, 4) is 11.5 Å². The Bertz CT molecular complexity index is 1320. The number of thiophene rings is 1. The van der Waals surface area contributed by atoms with Crippen LogP contribution in [0.4, 0.5) is 0 Å². The predicted molar refractivity (Wildman–Crippen MR) is 131 cm³/mol. The van der Waals surface area contributed by atoms with E-state index in [1.807, 2.05) is 6.07 Å². The van der Waals surface area contributed by atoms with Gasteiger partial charge in [0.25, 0.3) is 0 Å². The van der Waals surface area contributed by atoms with E-state index >= 15 is 0 Å². The number of nitrogens with zero attached hydrogens (tertiary/aromatic N) is 1. The maximum Gasteiger partial charge on any atom is 0.349 e. The molecule has 0 aliphatic carbocycles. The number of halogens is 2. The lowest BCUT2D eigenvalue weighted by Gasteiger charge is -2.37. The van der Waals surface area contributed by atoms with Crippen LogP contribution in [0, 0.1) is 0 Å². The largest absolute Gasteiger partial charge is 0.497 e. The summed E-state index contributed by atoms with van der Waals surface area (Å²) in [5.74, 6) is 0.352. The Morgan fingerprint density at radius 1 is 1.06 bits per heavy atom. The third-order valence-corrected chi connectivity index (χ3v) is 8.97. The highest BCUT2D eigenvalue weighted by molar-refractivity contribution is 7.89. The van der Waals surface area contributed by atoms with Crippen LogP contribution < -0.4 is 9.47 Å². The van der Waals surface area contributed by atoms with Crippen molar-refractivity contribution in [2.75, 3.05) is 27.9 Å². The standard InChI is InChI=1S/C23H21Cl2NO6S2/c1-30-17-10-13-4-6-26(34(28,29)19-5-7-33-22(19)23(27)32-3)21(20(13)18(12-17)31-2)14-8-15(24)11-16(25)9-14/h5,7-12,21H,4,6H2,1-3H3. The van der Waals surface area contributed by atoms with Crippen molar-refractivity contribution in [2.24, 2.45) is 0 Å². The molecule has 0 bridgehead atoms. The third-order valence-electron chi connectivity index (χ3n) is 5.61. The van der Waals surface area contributed by atoms with Crippen LogP contribution in [0.2, 0.25) is 10.0 Å². The highest BCUT2D eigenvalue weighted by atomic mass is 35.5. The Morgan fingerprint density at radius 3 is 2.38 bits per heavy atom. The predicted octanol–water partition coefficient (Wildman–Crippen LogP) is 5.20. The molecule has 0 amide bonds. The number of hydrogen-bond acceptors (Lipinski definition) is 7. The Hall–Kier alpha value is -2.30. The van der Waals surface area contributed by atoms with Gasteiger partial charge in [0, 0.05) is 28.2 Å². The minimum absolute atomic E-state index is 0.0119. The van der Waals surface area contributed by atoms with E-state index in [1.54, 1.807) is 36.8 Å². The number of carbonyl (C=O) groups excluding carboxylic acids is 1. The fourth-order valence-corrected chi connectivity index (χ4v) is 7.60. The number of esters is 1. The van der Waals surface area contributed by atoms with E-state index in [1.165, 1.54) is 24.6 Å². The van der Waals surface area contributed by atoms with Crippen LogP contribution in [0.1, 0.15) is 32.4 Å². The first-order chi connectivity index (χ1) is 16.2. The lowest BCUT2D eigenvalue weighted by molar-refractivity contribution is 0.0602. The molecule has 1 atom stereocenters. The maximum atomic E-state index is 14.0. The molecule has 1 aliphatic heterocycles. The summed E-state index contributed by atoms with van der Waals surface area (Å²) in [4.78, 5) is 12.2. The second kappa shape index (κ2) is 9.75. The Morgan fingerprint density at radius 2 is 1.76 bits per heavy atom. The minimum atomic E-state index is -4.14. The Labute approximate surface area is 211 Å². The van der Waals surface area contributed by atoms with Gasteiger partial charge in [-0.25, -0.2) is 13.2 Å². The molecule has 1 aromatic heterocycles. The zero-order valence-corrected chi connectivity index (χ0v) is 21.6. The fraction of sp³-hybridized carbons (Fsp3) is 0.261. The van der Waals surface area contributed by atoms with Gasteiger partial charge in [-0.2, -0.15) is 4.31 Å². The zero-order chi connectivity index (χ0) is 24.6. The fourth-order valence-electron chi connectivity index (χ4n) is 4.16. The number of methoxy groups -OCH3 is 3. The lowest BCUT2D eigenvalue weighted by atomic mass is 9.88. The summed E-state index contributed by atoms with van der Waals surface area (Å²) in [6, 6.07) is 9.10. The van der Waals surface area contributed by atoms with Crippen molar-refractivity contribution in [1.29, 1.82) is 0 Å². The van der Waals surface area contributed by atoms with Crippen LogP contribution >= 0.6 is 34.5 Å². The monoisotopic (exact) mass is 541 g/mol. The molecule has 0 radical (unpaired) electrons. The number of fused-ring (bicyclic) bond motifs is 1. The van der Waals surface area contributed by atoms with Gasteiger partial charge in [-0.15, -0.1) is 11.3 Å². The van der Waals surface area contributed by atoms with Crippen molar-refractivity contribution >= 4 is 50.5 Å². The number of ether oxygens (including phenoxy) is 3. The molecule has 0 saturated carbocycles. The summed E-state index contributed by atoms with van der Waals surface area (Å²) in [6.45, 7) is 0.150. The van der Waals surface area contributed by atoms with Gasteiger partial charge in [-0.05, 0) is 53.3 Å². The normalized spacial score (nSPS) is 16.1. The summed E-state index contributed by atoms with van der Waals surface area (Å²) in [6.07, 6.45) is 0.407. The second-order valence-corrected chi connectivity index (χ2v) is 11.1. The molecular formula is C23H21Cl2NO6S2. The zero-order valence-electron chi connectivity index (χ0n) is 18.5. The van der Waals surface area contributed by atoms with E-state index in [0.717, 1.165) is 16.9 Å². The lowest BCUT2D eigenvalue weighted by Crippen LogP contribution is -2.41. The molecule has 0 spiro atoms. The van der Waals surface area contributed by atoms with Crippen LogP contribution in [0.15, 0.2) is 46.7 Å². The van der Waals surface area contributed by atoms with E-state index in [-0.39, 0.29) is 16.3 Å². The number of hydrogen-bond donors (Lipinski definition) is 0. The van der Waals surface area contributed by atoms with Crippen molar-refractivity contribution < 1.29 is 27.4 Å². The first kappa shape index (κ1) is 24.8. The summed E-state index contributed by atoms with van der Waals surface area (Å²) in [5, 5.41) is 2.28. The highest BCUT2D eigenvalue weighted by Gasteiger charge is 2.41. The van der Waals surface area contributed by atoms with Gasteiger partial charge in [-0.1, -0.05) is 23.2 Å². The van der Waals surface area contributed by atoms with Crippen molar-refractivity contribution in [1.82, 2.24) is 4.31 Å². The van der Waals surface area contributed by atoms with Gasteiger partial charge >= 0.3 is 5.97 Å². The van der Waals surface area contributed by atoms with Gasteiger partial charge in [0.15, 0.2) is 0 Å². The van der Waals surface area contributed by atoms with E-state index in [4.69, 9.17) is 37.4 Å². The number of rotatable bonds is 6. The molecule has 2 aromatic carbocycles. The summed E-state index contributed by atoms with van der Waals surface area (Å²) >= 11 is 13.6. The average molecular weight is 542 g/mol.